The highest BCUT2D eigenvalue weighted by molar-refractivity contribution is 5.80. The van der Waals surface area contributed by atoms with Crippen LogP contribution in [-0.4, -0.2) is 17.9 Å². The number of fused-ring (bicyclic) bond motifs is 1. The maximum atomic E-state index is 11.0. The molecule has 76 valence electrons. The van der Waals surface area contributed by atoms with Crippen molar-refractivity contribution in [2.75, 3.05) is 6.61 Å². The van der Waals surface area contributed by atoms with Crippen molar-refractivity contribution in [1.29, 1.82) is 0 Å². The molecule has 1 aliphatic rings. The molecular weight excluding hydrogens is 178 g/mol. The molecule has 0 atom stereocenters. The lowest BCUT2D eigenvalue weighted by molar-refractivity contribution is 0.105. The van der Waals surface area contributed by atoms with Crippen LogP contribution in [0.2, 0.25) is 0 Å². The van der Waals surface area contributed by atoms with Crippen LogP contribution in [-0.2, 0) is 17.8 Å². The predicted molar refractivity (Wildman–Crippen MR) is 53.6 cm³/mol. The number of aldehydes is 1. The van der Waals surface area contributed by atoms with Crippen molar-refractivity contribution >= 4 is 6.29 Å². The highest BCUT2D eigenvalue weighted by Gasteiger charge is 2.21. The van der Waals surface area contributed by atoms with Crippen LogP contribution in [0.3, 0.4) is 0 Å². The third-order valence-electron chi connectivity index (χ3n) is 2.70. The second-order valence-corrected chi connectivity index (χ2v) is 3.98. The largest absolute Gasteiger partial charge is 0.376 e. The van der Waals surface area contributed by atoms with E-state index in [-0.39, 0.29) is 0 Å². The van der Waals surface area contributed by atoms with Gasteiger partial charge in [0.2, 0.25) is 0 Å². The zero-order chi connectivity index (χ0) is 10.1. The quantitative estimate of drug-likeness (QED) is 0.730. The van der Waals surface area contributed by atoms with Crippen LogP contribution in [0, 0.1) is 0 Å². The lowest BCUT2D eigenvalue weighted by Gasteiger charge is -2.11. The van der Waals surface area contributed by atoms with E-state index in [2.05, 4.69) is 18.8 Å². The topological polar surface area (TPSA) is 42.1 Å². The first kappa shape index (κ1) is 9.46. The van der Waals surface area contributed by atoms with E-state index in [0.717, 1.165) is 36.1 Å². The molecular formula is C11H15NO2. The number of aromatic amines is 1. The van der Waals surface area contributed by atoms with E-state index in [1.165, 1.54) is 5.69 Å². The van der Waals surface area contributed by atoms with Crippen molar-refractivity contribution in [2.24, 2.45) is 0 Å². The Morgan fingerprint density at radius 2 is 2.29 bits per heavy atom. The fourth-order valence-corrected chi connectivity index (χ4v) is 1.95. The average Bonchev–Trinajstić information content (AvgIpc) is 2.56. The lowest BCUT2D eigenvalue weighted by Crippen LogP contribution is -2.09. The summed E-state index contributed by atoms with van der Waals surface area (Å²) < 4.78 is 5.35. The van der Waals surface area contributed by atoms with Crippen molar-refractivity contribution in [1.82, 2.24) is 4.98 Å². The maximum Gasteiger partial charge on any atom is 0.152 e. The first-order chi connectivity index (χ1) is 6.74. The standard InChI is InChI=1S/C11H15NO2/c1-7(2)11-8(5-13)9-6-14-4-3-10(9)12-11/h5,7,12H,3-4,6H2,1-2H3. The van der Waals surface area contributed by atoms with E-state index < -0.39 is 0 Å². The number of H-pyrrole nitrogens is 1. The fraction of sp³-hybridized carbons (Fsp3) is 0.545. The summed E-state index contributed by atoms with van der Waals surface area (Å²) in [6.45, 7) is 5.51. The molecule has 0 aliphatic carbocycles. The van der Waals surface area contributed by atoms with Gasteiger partial charge in [-0.3, -0.25) is 4.79 Å². The smallest absolute Gasteiger partial charge is 0.152 e. The van der Waals surface area contributed by atoms with Gasteiger partial charge in [0.25, 0.3) is 0 Å². The minimum Gasteiger partial charge on any atom is -0.376 e. The van der Waals surface area contributed by atoms with Crippen LogP contribution in [0.25, 0.3) is 0 Å². The Hall–Kier alpha value is -1.09. The summed E-state index contributed by atoms with van der Waals surface area (Å²) in [5.41, 5.74) is 4.11. The first-order valence-electron chi connectivity index (χ1n) is 5.00. The zero-order valence-corrected chi connectivity index (χ0v) is 8.59. The zero-order valence-electron chi connectivity index (χ0n) is 8.59. The van der Waals surface area contributed by atoms with Crippen LogP contribution in [0.5, 0.6) is 0 Å². The van der Waals surface area contributed by atoms with Crippen LogP contribution in [0.1, 0.15) is 47.1 Å². The maximum absolute atomic E-state index is 11.0. The highest BCUT2D eigenvalue weighted by Crippen LogP contribution is 2.27. The molecule has 0 unspecified atom stereocenters. The number of carbonyl (C=O) groups excluding carboxylic acids is 1. The van der Waals surface area contributed by atoms with Gasteiger partial charge >= 0.3 is 0 Å². The van der Waals surface area contributed by atoms with Gasteiger partial charge in [-0.25, -0.2) is 0 Å². The van der Waals surface area contributed by atoms with E-state index in [1.807, 2.05) is 0 Å². The molecule has 2 heterocycles. The summed E-state index contributed by atoms with van der Waals surface area (Å²) in [6.07, 6.45) is 1.84. The third-order valence-corrected chi connectivity index (χ3v) is 2.70. The van der Waals surface area contributed by atoms with Gasteiger partial charge in [-0.1, -0.05) is 13.8 Å². The lowest BCUT2D eigenvalue weighted by atomic mass is 10.0. The summed E-state index contributed by atoms with van der Waals surface area (Å²) in [4.78, 5) is 14.3. The van der Waals surface area contributed by atoms with Crippen molar-refractivity contribution in [3.63, 3.8) is 0 Å². The van der Waals surface area contributed by atoms with Crippen LogP contribution in [0.15, 0.2) is 0 Å². The minimum absolute atomic E-state index is 0.362. The van der Waals surface area contributed by atoms with E-state index in [0.29, 0.717) is 12.5 Å². The number of aromatic nitrogens is 1. The minimum atomic E-state index is 0.362. The number of rotatable bonds is 2. The van der Waals surface area contributed by atoms with E-state index in [4.69, 9.17) is 4.74 Å². The Balaban J connectivity index is 2.51. The van der Waals surface area contributed by atoms with Crippen LogP contribution in [0.4, 0.5) is 0 Å². The van der Waals surface area contributed by atoms with Gasteiger partial charge < -0.3 is 9.72 Å². The van der Waals surface area contributed by atoms with Gasteiger partial charge in [-0.15, -0.1) is 0 Å². The summed E-state index contributed by atoms with van der Waals surface area (Å²) in [5, 5.41) is 0. The second-order valence-electron chi connectivity index (χ2n) is 3.98. The van der Waals surface area contributed by atoms with E-state index >= 15 is 0 Å². The molecule has 0 bridgehead atoms. The summed E-state index contributed by atoms with van der Waals surface area (Å²) in [7, 11) is 0. The molecule has 0 fully saturated rings. The van der Waals surface area contributed by atoms with Gasteiger partial charge in [0.05, 0.1) is 13.2 Å². The van der Waals surface area contributed by atoms with E-state index in [1.54, 1.807) is 0 Å². The molecule has 1 N–H and O–H groups in total. The Bertz CT molecular complexity index is 352. The van der Waals surface area contributed by atoms with Crippen LogP contribution < -0.4 is 0 Å². The number of nitrogens with one attached hydrogen (secondary N) is 1. The monoisotopic (exact) mass is 193 g/mol. The Labute approximate surface area is 83.5 Å². The van der Waals surface area contributed by atoms with Gasteiger partial charge in [-0.05, 0) is 5.92 Å². The SMILES string of the molecule is CC(C)c1[nH]c2c(c1C=O)COCC2. The average molecular weight is 193 g/mol. The van der Waals surface area contributed by atoms with Crippen molar-refractivity contribution in [3.8, 4) is 0 Å². The van der Waals surface area contributed by atoms with Crippen molar-refractivity contribution < 1.29 is 9.53 Å². The Kier molecular flexibility index (Phi) is 2.42. The fourth-order valence-electron chi connectivity index (χ4n) is 1.95. The highest BCUT2D eigenvalue weighted by atomic mass is 16.5. The van der Waals surface area contributed by atoms with Crippen molar-refractivity contribution in [3.05, 3.63) is 22.5 Å². The predicted octanol–water partition coefficient (Wildman–Crippen LogP) is 2.02. The Morgan fingerprint density at radius 3 is 2.93 bits per heavy atom. The third kappa shape index (κ3) is 1.38. The molecule has 2 rings (SSSR count). The van der Waals surface area contributed by atoms with Gasteiger partial charge in [0, 0.05) is 28.9 Å². The molecule has 1 aliphatic heterocycles. The number of hydrogen-bond donors (Lipinski definition) is 1. The molecule has 1 aromatic rings. The molecule has 3 heteroatoms. The Morgan fingerprint density at radius 1 is 1.50 bits per heavy atom. The molecule has 0 spiro atoms. The van der Waals surface area contributed by atoms with Crippen LogP contribution >= 0.6 is 0 Å². The molecule has 14 heavy (non-hydrogen) atoms. The molecule has 0 saturated heterocycles. The molecule has 0 saturated carbocycles. The number of carbonyl (C=O) groups is 1. The number of hydrogen-bond acceptors (Lipinski definition) is 2. The number of ether oxygens (including phenoxy) is 1. The van der Waals surface area contributed by atoms with Gasteiger partial charge in [0.1, 0.15) is 0 Å². The summed E-state index contributed by atoms with van der Waals surface area (Å²) in [5.74, 6) is 0.362. The molecule has 1 aromatic heterocycles. The molecule has 0 amide bonds. The normalized spacial score (nSPS) is 15.6. The molecule has 0 radical (unpaired) electrons. The second kappa shape index (κ2) is 3.58. The molecule has 0 aromatic carbocycles. The van der Waals surface area contributed by atoms with Gasteiger partial charge in [-0.2, -0.15) is 0 Å². The summed E-state index contributed by atoms with van der Waals surface area (Å²) in [6, 6.07) is 0. The molecule has 3 nitrogen and oxygen atoms in total. The first-order valence-corrected chi connectivity index (χ1v) is 5.00. The summed E-state index contributed by atoms with van der Waals surface area (Å²) >= 11 is 0. The van der Waals surface area contributed by atoms with Crippen molar-refractivity contribution in [2.45, 2.75) is 32.8 Å². The van der Waals surface area contributed by atoms with E-state index in [9.17, 15) is 4.79 Å². The van der Waals surface area contributed by atoms with Gasteiger partial charge in [0.15, 0.2) is 6.29 Å².